The van der Waals surface area contributed by atoms with Gasteiger partial charge >= 0.3 is 5.97 Å². The number of carbonyl (C=O) groups excluding carboxylic acids is 1. The summed E-state index contributed by atoms with van der Waals surface area (Å²) in [5.74, 6) is -0.691. The molecule has 0 unspecified atom stereocenters. The monoisotopic (exact) mass is 305 g/mol. The molecule has 1 aromatic carbocycles. The Morgan fingerprint density at radius 2 is 1.86 bits per heavy atom. The van der Waals surface area contributed by atoms with Gasteiger partial charge in [0.05, 0.1) is 7.11 Å². The molecule has 0 fully saturated rings. The van der Waals surface area contributed by atoms with E-state index in [-0.39, 0.29) is 5.70 Å². The number of nitrogens with zero attached hydrogens (tertiary/aromatic N) is 3. The molecule has 0 heterocycles. The second kappa shape index (κ2) is 9.57. The van der Waals surface area contributed by atoms with Crippen LogP contribution in [0.2, 0.25) is 0 Å². The molecule has 22 heavy (non-hydrogen) atoms. The molecule has 0 aliphatic carbocycles. The molecule has 1 rings (SSSR count). The molecule has 7 heteroatoms. The van der Waals surface area contributed by atoms with Crippen LogP contribution in [-0.2, 0) is 19.0 Å². The Balaban J connectivity index is 2.99. The lowest BCUT2D eigenvalue weighted by molar-refractivity contribution is -0.140. The number of carbonyl (C=O) groups is 1. The van der Waals surface area contributed by atoms with E-state index >= 15 is 0 Å². The van der Waals surface area contributed by atoms with Gasteiger partial charge in [-0.15, -0.1) is 0 Å². The number of methoxy groups -OCH3 is 1. The van der Waals surface area contributed by atoms with E-state index in [1.165, 1.54) is 13.2 Å². The van der Waals surface area contributed by atoms with Crippen LogP contribution in [0.4, 0.5) is 0 Å². The molecule has 0 radical (unpaired) electrons. The van der Waals surface area contributed by atoms with Crippen LogP contribution in [0.15, 0.2) is 35.1 Å². The van der Waals surface area contributed by atoms with Gasteiger partial charge in [-0.05, 0) is 31.0 Å². The van der Waals surface area contributed by atoms with Crippen LogP contribution < -0.4 is 0 Å². The maximum atomic E-state index is 11.5. The van der Waals surface area contributed by atoms with Gasteiger partial charge in [0.15, 0.2) is 6.29 Å². The zero-order valence-corrected chi connectivity index (χ0v) is 12.9. The highest BCUT2D eigenvalue weighted by molar-refractivity contribution is 5.93. The first-order valence-corrected chi connectivity index (χ1v) is 6.84. The Kier molecular flexibility index (Phi) is 7.70. The molecule has 0 amide bonds. The molecule has 0 N–H and O–H groups in total. The second-order valence-electron chi connectivity index (χ2n) is 4.12. The molecule has 118 valence electrons. The number of esters is 1. The first-order chi connectivity index (χ1) is 10.7. The Bertz CT molecular complexity index is 557. The number of benzene rings is 1. The lowest BCUT2D eigenvalue weighted by atomic mass is 10.1. The van der Waals surface area contributed by atoms with Gasteiger partial charge in [-0.1, -0.05) is 29.4 Å². The smallest absolute Gasteiger partial charge is 0.340 e. The molecule has 0 saturated carbocycles. The molecule has 7 nitrogen and oxygen atoms in total. The maximum Gasteiger partial charge on any atom is 0.340 e. The largest absolute Gasteiger partial charge is 0.466 e. The van der Waals surface area contributed by atoms with Crippen LogP contribution in [0.1, 0.15) is 31.3 Å². The average molecular weight is 305 g/mol. The second-order valence-corrected chi connectivity index (χ2v) is 4.12. The molecule has 0 aliphatic rings. The summed E-state index contributed by atoms with van der Waals surface area (Å²) < 4.78 is 15.6. The minimum atomic E-state index is -0.691. The highest BCUT2D eigenvalue weighted by Crippen LogP contribution is 2.20. The summed E-state index contributed by atoms with van der Waals surface area (Å²) in [5.41, 5.74) is 9.93. The van der Waals surface area contributed by atoms with Crippen LogP contribution in [-0.4, -0.2) is 26.3 Å². The quantitative estimate of drug-likeness (QED) is 0.183. The molecule has 0 saturated heterocycles. The van der Waals surface area contributed by atoms with E-state index < -0.39 is 12.3 Å². The lowest BCUT2D eigenvalue weighted by Gasteiger charge is -2.17. The van der Waals surface area contributed by atoms with Crippen LogP contribution in [0.3, 0.4) is 0 Å². The van der Waals surface area contributed by atoms with Crippen LogP contribution in [0.25, 0.3) is 16.5 Å². The lowest BCUT2D eigenvalue weighted by Crippen LogP contribution is -2.08. The number of hydrogen-bond donors (Lipinski definition) is 0. The molecular weight excluding hydrogens is 286 g/mol. The standard InChI is InChI=1S/C15H19N3O4/c1-4-21-15(22-5-2)12-8-6-11(7-9-12)10-13(17-18-16)14(19)20-3/h6-10,15H,4-5H2,1-3H3. The minimum absolute atomic E-state index is 0.107. The van der Waals surface area contributed by atoms with E-state index in [0.29, 0.717) is 18.8 Å². The van der Waals surface area contributed by atoms with E-state index in [9.17, 15) is 4.79 Å². The molecular formula is C15H19N3O4. The van der Waals surface area contributed by atoms with E-state index in [4.69, 9.17) is 15.0 Å². The summed E-state index contributed by atoms with van der Waals surface area (Å²) in [4.78, 5) is 14.1. The number of hydrogen-bond acceptors (Lipinski definition) is 5. The highest BCUT2D eigenvalue weighted by atomic mass is 16.7. The van der Waals surface area contributed by atoms with Crippen molar-refractivity contribution in [1.82, 2.24) is 0 Å². The van der Waals surface area contributed by atoms with Crippen molar-refractivity contribution in [3.05, 3.63) is 51.5 Å². The molecule has 1 aromatic rings. The van der Waals surface area contributed by atoms with Gasteiger partial charge in [-0.25, -0.2) is 4.79 Å². The third-order valence-corrected chi connectivity index (χ3v) is 2.70. The molecule has 0 aromatic heterocycles. The Morgan fingerprint density at radius 1 is 1.27 bits per heavy atom. The normalized spacial score (nSPS) is 11.2. The minimum Gasteiger partial charge on any atom is -0.466 e. The van der Waals surface area contributed by atoms with Crippen molar-refractivity contribution in [2.24, 2.45) is 5.11 Å². The predicted octanol–water partition coefficient (Wildman–Crippen LogP) is 3.58. The summed E-state index contributed by atoms with van der Waals surface area (Å²) in [7, 11) is 1.22. The fourth-order valence-electron chi connectivity index (χ4n) is 1.73. The molecule has 0 spiro atoms. The van der Waals surface area contributed by atoms with Crippen LogP contribution in [0, 0.1) is 0 Å². The van der Waals surface area contributed by atoms with Crippen LogP contribution >= 0.6 is 0 Å². The van der Waals surface area contributed by atoms with Gasteiger partial charge in [0.2, 0.25) is 0 Å². The van der Waals surface area contributed by atoms with Crippen molar-refractivity contribution in [1.29, 1.82) is 0 Å². The van der Waals surface area contributed by atoms with Crippen LogP contribution in [0.5, 0.6) is 0 Å². The van der Waals surface area contributed by atoms with Crippen molar-refractivity contribution in [2.75, 3.05) is 20.3 Å². The zero-order chi connectivity index (χ0) is 16.4. The molecule has 0 bridgehead atoms. The highest BCUT2D eigenvalue weighted by Gasteiger charge is 2.11. The van der Waals surface area contributed by atoms with Crippen molar-refractivity contribution in [2.45, 2.75) is 20.1 Å². The summed E-state index contributed by atoms with van der Waals surface area (Å²) >= 11 is 0. The maximum absolute atomic E-state index is 11.5. The van der Waals surface area contributed by atoms with Gasteiger partial charge in [0.1, 0.15) is 5.70 Å². The van der Waals surface area contributed by atoms with E-state index in [1.54, 1.807) is 12.1 Å². The van der Waals surface area contributed by atoms with Crippen molar-refractivity contribution < 1.29 is 19.0 Å². The summed E-state index contributed by atoms with van der Waals surface area (Å²) in [6.07, 6.45) is 1.02. The molecule has 0 atom stereocenters. The Labute approximate surface area is 129 Å². The van der Waals surface area contributed by atoms with Gasteiger partial charge in [-0.3, -0.25) is 0 Å². The number of azide groups is 1. The first-order valence-electron chi connectivity index (χ1n) is 6.84. The third-order valence-electron chi connectivity index (χ3n) is 2.70. The summed E-state index contributed by atoms with van der Waals surface area (Å²) in [6, 6.07) is 7.20. The van der Waals surface area contributed by atoms with E-state index in [2.05, 4.69) is 14.8 Å². The van der Waals surface area contributed by atoms with Gasteiger partial charge in [0, 0.05) is 23.7 Å². The SMILES string of the molecule is CCOC(OCC)c1ccc(C=C(N=[N+]=[N-])C(=O)OC)cc1. The predicted molar refractivity (Wildman–Crippen MR) is 81.6 cm³/mol. The van der Waals surface area contributed by atoms with Gasteiger partial charge in [-0.2, -0.15) is 0 Å². The topological polar surface area (TPSA) is 93.5 Å². The van der Waals surface area contributed by atoms with Gasteiger partial charge < -0.3 is 14.2 Å². The first kappa shape index (κ1) is 17.7. The van der Waals surface area contributed by atoms with E-state index in [1.807, 2.05) is 26.0 Å². The van der Waals surface area contributed by atoms with Crippen molar-refractivity contribution >= 4 is 12.0 Å². The third kappa shape index (κ3) is 5.21. The molecule has 0 aliphatic heterocycles. The van der Waals surface area contributed by atoms with Crippen molar-refractivity contribution in [3.8, 4) is 0 Å². The van der Waals surface area contributed by atoms with Crippen molar-refractivity contribution in [3.63, 3.8) is 0 Å². The number of rotatable bonds is 8. The summed E-state index contributed by atoms with van der Waals surface area (Å²) in [5, 5.41) is 3.32. The zero-order valence-electron chi connectivity index (χ0n) is 12.9. The fraction of sp³-hybridized carbons (Fsp3) is 0.400. The summed E-state index contributed by atoms with van der Waals surface area (Å²) in [6.45, 7) is 4.86. The van der Waals surface area contributed by atoms with Gasteiger partial charge in [0.25, 0.3) is 0 Å². The Morgan fingerprint density at radius 3 is 2.32 bits per heavy atom. The van der Waals surface area contributed by atoms with E-state index in [0.717, 1.165) is 5.56 Å². The fourth-order valence-corrected chi connectivity index (χ4v) is 1.73. The number of ether oxygens (including phenoxy) is 3. The Hall–Kier alpha value is -2.34. The average Bonchev–Trinajstić information content (AvgIpc) is 2.54.